The van der Waals surface area contributed by atoms with E-state index in [2.05, 4.69) is 11.8 Å². The molecule has 0 aromatic carbocycles. The molecule has 2 unspecified atom stereocenters. The van der Waals surface area contributed by atoms with Gasteiger partial charge in [0.05, 0.1) is 19.8 Å². The Morgan fingerprint density at radius 1 is 0.788 bits per heavy atom. The Labute approximate surface area is 206 Å². The molecule has 2 atom stereocenters. The predicted octanol–water partition coefficient (Wildman–Crippen LogP) is 6.89. The van der Waals surface area contributed by atoms with E-state index in [0.717, 1.165) is 32.4 Å². The first kappa shape index (κ1) is 32.9. The number of carbonyl (C=O) groups is 1. The van der Waals surface area contributed by atoms with Gasteiger partial charge in [0, 0.05) is 18.9 Å². The molecule has 0 rings (SSSR count). The Kier molecular flexibility index (Phi) is 24.9. The number of nitrogens with zero attached hydrogens (tertiary/aromatic N) is 1. The fourth-order valence-electron chi connectivity index (χ4n) is 3.75. The Bertz CT molecular complexity index is 425. The van der Waals surface area contributed by atoms with E-state index in [1.807, 2.05) is 14.1 Å². The van der Waals surface area contributed by atoms with Gasteiger partial charge in [0.1, 0.15) is 5.78 Å². The maximum atomic E-state index is 11.5. The first-order chi connectivity index (χ1) is 16.0. The lowest BCUT2D eigenvalue weighted by molar-refractivity contribution is -0.118. The van der Waals surface area contributed by atoms with Crippen LogP contribution in [0.15, 0.2) is 0 Å². The molecule has 0 aliphatic carbocycles. The molecule has 0 fully saturated rings. The van der Waals surface area contributed by atoms with E-state index in [4.69, 9.17) is 13.8 Å². The lowest BCUT2D eigenvalue weighted by atomic mass is 10.1. The molecule has 0 spiro atoms. The van der Waals surface area contributed by atoms with Gasteiger partial charge in [-0.25, -0.2) is 0 Å². The van der Waals surface area contributed by atoms with Crippen molar-refractivity contribution in [1.29, 1.82) is 0 Å². The summed E-state index contributed by atoms with van der Waals surface area (Å²) >= 11 is 0. The van der Waals surface area contributed by atoms with Crippen LogP contribution in [0.4, 0.5) is 0 Å². The van der Waals surface area contributed by atoms with Crippen LogP contribution in [0.5, 0.6) is 0 Å². The normalized spacial score (nSPS) is 13.5. The maximum absolute atomic E-state index is 11.5. The van der Waals surface area contributed by atoms with Crippen molar-refractivity contribution in [1.82, 2.24) is 4.90 Å². The van der Waals surface area contributed by atoms with Crippen LogP contribution in [-0.2, 0) is 18.6 Å². The highest BCUT2D eigenvalue weighted by molar-refractivity contribution is 7.40. The molecule has 0 aliphatic rings. The smallest absolute Gasteiger partial charge is 0.329 e. The molecular weight excluding hydrogens is 437 g/mol. The summed E-state index contributed by atoms with van der Waals surface area (Å²) in [7, 11) is 2.19. The standard InChI is InChI=1S/C26H54NO5P/c1-5-6-7-8-9-10-11-12-13-14-15-17-20-30-23-26(22-25(2)28)24-32-33(29)31-21-18-16-19-27(3)4/h26,29H,5-24H2,1-4H3. The second-order valence-electron chi connectivity index (χ2n) is 9.61. The molecule has 0 bridgehead atoms. The highest BCUT2D eigenvalue weighted by atomic mass is 31.2. The quantitative estimate of drug-likeness (QED) is 0.105. The molecule has 0 aliphatic heterocycles. The molecule has 33 heavy (non-hydrogen) atoms. The number of ketones is 1. The zero-order chi connectivity index (χ0) is 24.6. The zero-order valence-corrected chi connectivity index (χ0v) is 23.1. The lowest BCUT2D eigenvalue weighted by Crippen LogP contribution is -2.19. The summed E-state index contributed by atoms with van der Waals surface area (Å²) < 4.78 is 16.6. The molecule has 6 nitrogen and oxygen atoms in total. The summed E-state index contributed by atoms with van der Waals surface area (Å²) in [5, 5.41) is 0. The second-order valence-corrected chi connectivity index (χ2v) is 10.6. The third-order valence-electron chi connectivity index (χ3n) is 5.69. The van der Waals surface area contributed by atoms with E-state index in [9.17, 15) is 9.69 Å². The van der Waals surface area contributed by atoms with Crippen LogP contribution in [0.2, 0.25) is 0 Å². The molecular formula is C26H54NO5P. The minimum Gasteiger partial charge on any atom is -0.381 e. The van der Waals surface area contributed by atoms with Gasteiger partial charge in [-0.1, -0.05) is 77.6 Å². The van der Waals surface area contributed by atoms with Crippen molar-refractivity contribution in [2.24, 2.45) is 5.92 Å². The van der Waals surface area contributed by atoms with Gasteiger partial charge in [-0.05, 0) is 46.8 Å². The number of Topliss-reactive ketones (excluding diaryl/α,β-unsaturated/α-hetero) is 1. The summed E-state index contributed by atoms with van der Waals surface area (Å²) in [6.45, 7) is 6.85. The van der Waals surface area contributed by atoms with Gasteiger partial charge in [0.2, 0.25) is 0 Å². The van der Waals surface area contributed by atoms with Crippen molar-refractivity contribution in [3.05, 3.63) is 0 Å². The van der Waals surface area contributed by atoms with Crippen molar-refractivity contribution >= 4 is 14.4 Å². The van der Waals surface area contributed by atoms with E-state index in [1.54, 1.807) is 6.92 Å². The minimum absolute atomic E-state index is 0.0330. The third-order valence-corrected chi connectivity index (χ3v) is 6.47. The minimum atomic E-state index is -1.89. The Hall–Kier alpha value is -0.100. The number of rotatable bonds is 26. The number of carbonyl (C=O) groups excluding carboxylic acids is 1. The monoisotopic (exact) mass is 491 g/mol. The molecule has 0 saturated heterocycles. The van der Waals surface area contributed by atoms with Gasteiger partial charge in [-0.15, -0.1) is 0 Å². The van der Waals surface area contributed by atoms with Gasteiger partial charge >= 0.3 is 8.60 Å². The summed E-state index contributed by atoms with van der Waals surface area (Å²) in [6.07, 6.45) is 18.2. The van der Waals surface area contributed by atoms with Crippen LogP contribution < -0.4 is 0 Å². The van der Waals surface area contributed by atoms with Gasteiger partial charge in [-0.2, -0.15) is 0 Å². The van der Waals surface area contributed by atoms with Crippen LogP contribution in [0.3, 0.4) is 0 Å². The van der Waals surface area contributed by atoms with Gasteiger partial charge in [0.15, 0.2) is 0 Å². The Morgan fingerprint density at radius 3 is 1.88 bits per heavy atom. The van der Waals surface area contributed by atoms with E-state index in [-0.39, 0.29) is 18.3 Å². The van der Waals surface area contributed by atoms with Gasteiger partial charge < -0.3 is 28.4 Å². The topological polar surface area (TPSA) is 68.2 Å². The molecule has 0 saturated carbocycles. The average Bonchev–Trinajstić information content (AvgIpc) is 2.76. The summed E-state index contributed by atoms with van der Waals surface area (Å²) in [5.74, 6) is 0.0822. The number of unbranched alkanes of at least 4 members (excludes halogenated alkanes) is 12. The number of hydrogen-bond acceptors (Lipinski definition) is 6. The fourth-order valence-corrected chi connectivity index (χ4v) is 4.44. The summed E-state index contributed by atoms with van der Waals surface area (Å²) in [4.78, 5) is 23.6. The predicted molar refractivity (Wildman–Crippen MR) is 140 cm³/mol. The first-order valence-electron chi connectivity index (χ1n) is 13.4. The van der Waals surface area contributed by atoms with Gasteiger partial charge in [0.25, 0.3) is 0 Å². The molecule has 0 aromatic heterocycles. The first-order valence-corrected chi connectivity index (χ1v) is 14.6. The molecule has 198 valence electrons. The molecule has 7 heteroatoms. The molecule has 0 heterocycles. The van der Waals surface area contributed by atoms with Crippen molar-refractivity contribution in [3.8, 4) is 0 Å². The van der Waals surface area contributed by atoms with E-state index >= 15 is 0 Å². The molecule has 1 N–H and O–H groups in total. The van der Waals surface area contributed by atoms with Crippen LogP contribution in [-0.4, -0.2) is 62.6 Å². The van der Waals surface area contributed by atoms with E-state index in [1.165, 1.54) is 70.6 Å². The van der Waals surface area contributed by atoms with E-state index < -0.39 is 8.60 Å². The summed E-state index contributed by atoms with van der Waals surface area (Å²) in [6, 6.07) is 0. The number of ether oxygens (including phenoxy) is 1. The summed E-state index contributed by atoms with van der Waals surface area (Å²) in [5.41, 5.74) is 0. The van der Waals surface area contributed by atoms with Crippen molar-refractivity contribution in [2.75, 3.05) is 47.1 Å². The van der Waals surface area contributed by atoms with Crippen molar-refractivity contribution in [3.63, 3.8) is 0 Å². The highest BCUT2D eigenvalue weighted by Crippen LogP contribution is 2.34. The van der Waals surface area contributed by atoms with Crippen molar-refractivity contribution < 1.29 is 23.5 Å². The lowest BCUT2D eigenvalue weighted by Gasteiger charge is -2.18. The molecule has 0 radical (unpaired) electrons. The SMILES string of the molecule is CCCCCCCCCCCCCCOCC(COP(O)OCCCCN(C)C)CC(C)=O. The maximum Gasteiger partial charge on any atom is 0.329 e. The third kappa shape index (κ3) is 26.3. The second kappa shape index (κ2) is 25.0. The Balaban J connectivity index is 3.66. The van der Waals surface area contributed by atoms with Gasteiger partial charge in [-0.3, -0.25) is 0 Å². The largest absolute Gasteiger partial charge is 0.381 e. The Morgan fingerprint density at radius 2 is 1.33 bits per heavy atom. The number of hydrogen-bond donors (Lipinski definition) is 1. The molecule has 0 amide bonds. The zero-order valence-electron chi connectivity index (χ0n) is 22.2. The highest BCUT2D eigenvalue weighted by Gasteiger charge is 2.16. The van der Waals surface area contributed by atoms with E-state index in [0.29, 0.717) is 19.6 Å². The van der Waals surface area contributed by atoms with Crippen LogP contribution >= 0.6 is 8.60 Å². The average molecular weight is 492 g/mol. The van der Waals surface area contributed by atoms with Crippen LogP contribution in [0.1, 0.15) is 110 Å². The fraction of sp³-hybridized carbons (Fsp3) is 0.962. The molecule has 0 aromatic rings. The van der Waals surface area contributed by atoms with Crippen LogP contribution in [0, 0.1) is 5.92 Å². The van der Waals surface area contributed by atoms with Crippen molar-refractivity contribution in [2.45, 2.75) is 110 Å². The van der Waals surface area contributed by atoms with Crippen LogP contribution in [0.25, 0.3) is 0 Å².